The number of rotatable bonds is 3. The van der Waals surface area contributed by atoms with Crippen molar-refractivity contribution >= 4 is 5.57 Å². The molecule has 1 rings (SSSR count). The van der Waals surface area contributed by atoms with E-state index in [0.717, 1.165) is 22.4 Å². The molecule has 1 aromatic heterocycles. The highest BCUT2D eigenvalue weighted by atomic mass is 14.7. The second-order valence-electron chi connectivity index (χ2n) is 3.56. The lowest BCUT2D eigenvalue weighted by atomic mass is 10.0. The fourth-order valence-electron chi connectivity index (χ4n) is 1.34. The molecule has 0 amide bonds. The first-order chi connectivity index (χ1) is 7.15. The van der Waals surface area contributed by atoms with E-state index in [1.807, 2.05) is 51.3 Å². The van der Waals surface area contributed by atoms with Gasteiger partial charge < -0.3 is 0 Å². The molecule has 0 aromatic carbocycles. The van der Waals surface area contributed by atoms with Crippen molar-refractivity contribution in [3.8, 4) is 0 Å². The van der Waals surface area contributed by atoms with Crippen molar-refractivity contribution in [1.82, 2.24) is 4.98 Å². The van der Waals surface area contributed by atoms with Crippen LogP contribution in [0.4, 0.5) is 0 Å². The molecule has 0 bridgehead atoms. The Balaban J connectivity index is 2.95. The maximum Gasteiger partial charge on any atom is 0.0450 e. The Kier molecular flexibility index (Phi) is 4.04. The van der Waals surface area contributed by atoms with Gasteiger partial charge in [0.1, 0.15) is 0 Å². The first-order valence-electron chi connectivity index (χ1n) is 5.07. The third-order valence-corrected chi connectivity index (χ3v) is 2.17. The van der Waals surface area contributed by atoms with E-state index in [2.05, 4.69) is 17.6 Å². The summed E-state index contributed by atoms with van der Waals surface area (Å²) in [5, 5.41) is 0. The van der Waals surface area contributed by atoms with Gasteiger partial charge in [0.05, 0.1) is 0 Å². The van der Waals surface area contributed by atoms with Crippen LogP contribution in [0.3, 0.4) is 0 Å². The van der Waals surface area contributed by atoms with E-state index < -0.39 is 0 Å². The van der Waals surface area contributed by atoms with E-state index in [9.17, 15) is 0 Å². The molecule has 1 heterocycles. The van der Waals surface area contributed by atoms with Crippen LogP contribution in [-0.2, 0) is 0 Å². The third kappa shape index (κ3) is 3.21. The Hall–Kier alpha value is -1.63. The average molecular weight is 199 g/mol. The van der Waals surface area contributed by atoms with Crippen LogP contribution in [0.2, 0.25) is 0 Å². The van der Waals surface area contributed by atoms with Gasteiger partial charge in [-0.15, -0.1) is 0 Å². The standard InChI is InChI=1S/C14H17N/c1-5-6-7-8-12(3)14-9-11(2)10-15-13(14)4/h5-10H,3H2,1-2,4H3/b6-5-,8-7-. The van der Waals surface area contributed by atoms with Crippen LogP contribution in [0.15, 0.2) is 43.1 Å². The molecule has 78 valence electrons. The lowest BCUT2D eigenvalue weighted by molar-refractivity contribution is 1.16. The van der Waals surface area contributed by atoms with Crippen molar-refractivity contribution in [2.24, 2.45) is 0 Å². The van der Waals surface area contributed by atoms with Crippen molar-refractivity contribution in [2.45, 2.75) is 20.8 Å². The first kappa shape index (κ1) is 11.4. The summed E-state index contributed by atoms with van der Waals surface area (Å²) >= 11 is 0. The van der Waals surface area contributed by atoms with Gasteiger partial charge in [-0.1, -0.05) is 30.9 Å². The predicted molar refractivity (Wildman–Crippen MR) is 66.7 cm³/mol. The van der Waals surface area contributed by atoms with Gasteiger partial charge in [0, 0.05) is 17.5 Å². The van der Waals surface area contributed by atoms with Crippen LogP contribution >= 0.6 is 0 Å². The number of allylic oxidation sites excluding steroid dienone is 5. The van der Waals surface area contributed by atoms with Gasteiger partial charge in [-0.2, -0.15) is 0 Å². The monoisotopic (exact) mass is 199 g/mol. The van der Waals surface area contributed by atoms with Crippen molar-refractivity contribution in [3.05, 3.63) is 60.0 Å². The number of hydrogen-bond donors (Lipinski definition) is 0. The number of aryl methyl sites for hydroxylation is 2. The van der Waals surface area contributed by atoms with Gasteiger partial charge in [0.25, 0.3) is 0 Å². The summed E-state index contributed by atoms with van der Waals surface area (Å²) < 4.78 is 0. The molecule has 1 heteroatoms. The maximum absolute atomic E-state index is 4.32. The highest BCUT2D eigenvalue weighted by Gasteiger charge is 2.00. The number of hydrogen-bond acceptors (Lipinski definition) is 1. The minimum Gasteiger partial charge on any atom is -0.261 e. The molecule has 0 fully saturated rings. The van der Waals surface area contributed by atoms with Gasteiger partial charge in [0.2, 0.25) is 0 Å². The molecule has 0 atom stereocenters. The summed E-state index contributed by atoms with van der Waals surface area (Å²) in [4.78, 5) is 4.32. The molecular weight excluding hydrogens is 182 g/mol. The van der Waals surface area contributed by atoms with Gasteiger partial charge in [-0.25, -0.2) is 0 Å². The molecule has 0 aliphatic carbocycles. The summed E-state index contributed by atoms with van der Waals surface area (Å²) in [5.41, 5.74) is 4.31. The first-order valence-corrected chi connectivity index (χ1v) is 5.07. The average Bonchev–Trinajstić information content (AvgIpc) is 2.22. The van der Waals surface area contributed by atoms with Gasteiger partial charge in [0.15, 0.2) is 0 Å². The van der Waals surface area contributed by atoms with Crippen LogP contribution in [0, 0.1) is 13.8 Å². The zero-order chi connectivity index (χ0) is 11.3. The van der Waals surface area contributed by atoms with E-state index >= 15 is 0 Å². The van der Waals surface area contributed by atoms with Crippen molar-refractivity contribution < 1.29 is 0 Å². The fourth-order valence-corrected chi connectivity index (χ4v) is 1.34. The highest BCUT2D eigenvalue weighted by Crippen LogP contribution is 2.17. The zero-order valence-corrected chi connectivity index (χ0v) is 9.62. The van der Waals surface area contributed by atoms with Crippen LogP contribution in [0.1, 0.15) is 23.7 Å². The Morgan fingerprint density at radius 1 is 1.33 bits per heavy atom. The van der Waals surface area contributed by atoms with Crippen LogP contribution in [-0.4, -0.2) is 4.98 Å². The molecule has 1 nitrogen and oxygen atoms in total. The molecule has 0 unspecified atom stereocenters. The third-order valence-electron chi connectivity index (χ3n) is 2.17. The minimum absolute atomic E-state index is 1.00. The van der Waals surface area contributed by atoms with Crippen LogP contribution in [0.5, 0.6) is 0 Å². The lowest BCUT2D eigenvalue weighted by Crippen LogP contribution is -1.90. The van der Waals surface area contributed by atoms with Crippen molar-refractivity contribution in [3.63, 3.8) is 0 Å². The molecule has 0 saturated heterocycles. The van der Waals surface area contributed by atoms with Gasteiger partial charge in [-0.3, -0.25) is 4.98 Å². The maximum atomic E-state index is 4.32. The smallest absolute Gasteiger partial charge is 0.0450 e. The molecule has 0 radical (unpaired) electrons. The van der Waals surface area contributed by atoms with E-state index in [1.165, 1.54) is 0 Å². The summed E-state index contributed by atoms with van der Waals surface area (Å²) in [6.07, 6.45) is 9.85. The minimum atomic E-state index is 1.00. The van der Waals surface area contributed by atoms with Crippen LogP contribution < -0.4 is 0 Å². The van der Waals surface area contributed by atoms with Crippen LogP contribution in [0.25, 0.3) is 5.57 Å². The largest absolute Gasteiger partial charge is 0.261 e. The van der Waals surface area contributed by atoms with Gasteiger partial charge in [-0.05, 0) is 38.0 Å². The lowest BCUT2D eigenvalue weighted by Gasteiger charge is -2.05. The molecule has 15 heavy (non-hydrogen) atoms. The second-order valence-corrected chi connectivity index (χ2v) is 3.56. The molecule has 0 aliphatic rings. The molecule has 0 N–H and O–H groups in total. The van der Waals surface area contributed by atoms with E-state index in [0.29, 0.717) is 0 Å². The Labute approximate surface area is 91.9 Å². The zero-order valence-electron chi connectivity index (χ0n) is 9.62. The van der Waals surface area contributed by atoms with E-state index in [-0.39, 0.29) is 0 Å². The summed E-state index contributed by atoms with van der Waals surface area (Å²) in [6.45, 7) is 10.1. The van der Waals surface area contributed by atoms with E-state index in [4.69, 9.17) is 0 Å². The van der Waals surface area contributed by atoms with Crippen molar-refractivity contribution in [1.29, 1.82) is 0 Å². The fraction of sp³-hybridized carbons (Fsp3) is 0.214. The predicted octanol–water partition coefficient (Wildman–Crippen LogP) is 3.84. The molecule has 0 aliphatic heterocycles. The Morgan fingerprint density at radius 3 is 2.73 bits per heavy atom. The number of nitrogens with zero attached hydrogens (tertiary/aromatic N) is 1. The summed E-state index contributed by atoms with van der Waals surface area (Å²) in [6, 6.07) is 2.12. The topological polar surface area (TPSA) is 12.9 Å². The molecule has 0 spiro atoms. The second kappa shape index (κ2) is 5.30. The highest BCUT2D eigenvalue weighted by molar-refractivity contribution is 5.73. The molecular formula is C14H17N. The normalized spacial score (nSPS) is 11.4. The van der Waals surface area contributed by atoms with Crippen molar-refractivity contribution in [2.75, 3.05) is 0 Å². The number of pyridine rings is 1. The van der Waals surface area contributed by atoms with E-state index in [1.54, 1.807) is 0 Å². The summed E-state index contributed by atoms with van der Waals surface area (Å²) in [7, 11) is 0. The SMILES string of the molecule is C=C(/C=C\C=C/C)c1cc(C)cnc1C. The molecule has 0 saturated carbocycles. The Bertz CT molecular complexity index is 411. The molecule has 1 aromatic rings. The quantitative estimate of drug-likeness (QED) is 0.674. The summed E-state index contributed by atoms with van der Waals surface area (Å²) in [5.74, 6) is 0. The van der Waals surface area contributed by atoms with Gasteiger partial charge >= 0.3 is 0 Å². The Morgan fingerprint density at radius 2 is 2.07 bits per heavy atom. The number of aromatic nitrogens is 1.